The van der Waals surface area contributed by atoms with Gasteiger partial charge in [-0.2, -0.15) is 0 Å². The zero-order valence-corrected chi connectivity index (χ0v) is 13.5. The first kappa shape index (κ1) is 18.4. The molecule has 122 valence electrons. The van der Waals surface area contributed by atoms with E-state index >= 15 is 0 Å². The van der Waals surface area contributed by atoms with Crippen LogP contribution in [-0.2, 0) is 0 Å². The lowest BCUT2D eigenvalue weighted by Crippen LogP contribution is -2.33. The summed E-state index contributed by atoms with van der Waals surface area (Å²) in [5.74, 6) is 0.183. The Hall–Kier alpha value is -1.66. The molecule has 1 saturated heterocycles. The average molecular weight is 327 g/mol. The predicted octanol–water partition coefficient (Wildman–Crippen LogP) is 0.982. The van der Waals surface area contributed by atoms with E-state index in [2.05, 4.69) is 20.9 Å². The standard InChI is InChI=1S/C15H22N4O2.ClH/c1-16-15(21)13-9-12(5-8-18-13)14(20)19-7-4-11-3-2-6-17-10-11;/h5,8-9,11,17H,2-4,6-7,10H2,1H3,(H,16,21)(H,19,20);1H. The summed E-state index contributed by atoms with van der Waals surface area (Å²) in [6, 6.07) is 3.13. The second kappa shape index (κ2) is 9.38. The number of amides is 2. The number of nitrogens with zero attached hydrogens (tertiary/aromatic N) is 1. The fraction of sp³-hybridized carbons (Fsp3) is 0.533. The molecule has 0 saturated carbocycles. The molecule has 22 heavy (non-hydrogen) atoms. The van der Waals surface area contributed by atoms with Gasteiger partial charge in [0.2, 0.25) is 0 Å². The van der Waals surface area contributed by atoms with Gasteiger partial charge in [0.25, 0.3) is 11.8 Å². The van der Waals surface area contributed by atoms with Gasteiger partial charge in [-0.25, -0.2) is 0 Å². The molecule has 0 aliphatic carbocycles. The smallest absolute Gasteiger partial charge is 0.269 e. The largest absolute Gasteiger partial charge is 0.354 e. The second-order valence-corrected chi connectivity index (χ2v) is 5.27. The third kappa shape index (κ3) is 5.27. The van der Waals surface area contributed by atoms with Crippen LogP contribution in [0.4, 0.5) is 0 Å². The summed E-state index contributed by atoms with van der Waals surface area (Å²) < 4.78 is 0. The predicted molar refractivity (Wildman–Crippen MR) is 87.4 cm³/mol. The molecular formula is C15H23ClN4O2. The molecular weight excluding hydrogens is 304 g/mol. The number of pyridine rings is 1. The molecule has 3 N–H and O–H groups in total. The van der Waals surface area contributed by atoms with E-state index in [1.807, 2.05) is 0 Å². The SMILES string of the molecule is CNC(=O)c1cc(C(=O)NCCC2CCCNC2)ccn1.Cl. The highest BCUT2D eigenvalue weighted by Gasteiger charge is 2.14. The molecule has 2 amide bonds. The van der Waals surface area contributed by atoms with Crippen molar-refractivity contribution >= 4 is 24.2 Å². The molecule has 1 unspecified atom stereocenters. The third-order valence-electron chi connectivity index (χ3n) is 3.72. The van der Waals surface area contributed by atoms with Crippen LogP contribution in [0.15, 0.2) is 18.3 Å². The van der Waals surface area contributed by atoms with E-state index in [4.69, 9.17) is 0 Å². The van der Waals surface area contributed by atoms with Crippen LogP contribution in [0.3, 0.4) is 0 Å². The highest BCUT2D eigenvalue weighted by Crippen LogP contribution is 2.13. The zero-order valence-electron chi connectivity index (χ0n) is 12.7. The fourth-order valence-corrected chi connectivity index (χ4v) is 2.49. The number of aromatic nitrogens is 1. The summed E-state index contributed by atoms with van der Waals surface area (Å²) in [5, 5.41) is 8.76. The van der Waals surface area contributed by atoms with Crippen molar-refractivity contribution in [1.29, 1.82) is 0 Å². The van der Waals surface area contributed by atoms with Crippen molar-refractivity contribution in [3.63, 3.8) is 0 Å². The fourth-order valence-electron chi connectivity index (χ4n) is 2.49. The molecule has 2 rings (SSSR count). The van der Waals surface area contributed by atoms with E-state index < -0.39 is 0 Å². The number of nitrogens with one attached hydrogen (secondary N) is 3. The Bertz CT molecular complexity index is 504. The highest BCUT2D eigenvalue weighted by molar-refractivity contribution is 5.98. The monoisotopic (exact) mass is 326 g/mol. The van der Waals surface area contributed by atoms with Gasteiger partial charge in [-0.05, 0) is 50.4 Å². The number of hydrogen-bond acceptors (Lipinski definition) is 4. The van der Waals surface area contributed by atoms with E-state index in [-0.39, 0.29) is 29.9 Å². The molecule has 2 heterocycles. The maximum absolute atomic E-state index is 12.1. The lowest BCUT2D eigenvalue weighted by Gasteiger charge is -2.22. The molecule has 1 aliphatic rings. The molecule has 7 heteroatoms. The minimum absolute atomic E-state index is 0. The van der Waals surface area contributed by atoms with E-state index in [1.54, 1.807) is 6.07 Å². The van der Waals surface area contributed by atoms with Crippen LogP contribution >= 0.6 is 12.4 Å². The summed E-state index contributed by atoms with van der Waals surface area (Å²) in [7, 11) is 1.54. The summed E-state index contributed by atoms with van der Waals surface area (Å²) in [6.07, 6.45) is 4.88. The van der Waals surface area contributed by atoms with Crippen LogP contribution in [0.25, 0.3) is 0 Å². The number of carbonyl (C=O) groups excluding carboxylic acids is 2. The number of carbonyl (C=O) groups is 2. The van der Waals surface area contributed by atoms with Crippen molar-refractivity contribution in [2.45, 2.75) is 19.3 Å². The summed E-state index contributed by atoms with van der Waals surface area (Å²) in [6.45, 7) is 2.79. The highest BCUT2D eigenvalue weighted by atomic mass is 35.5. The maximum Gasteiger partial charge on any atom is 0.269 e. The summed E-state index contributed by atoms with van der Waals surface area (Å²) in [5.41, 5.74) is 0.715. The van der Waals surface area contributed by atoms with Crippen LogP contribution in [0.1, 0.15) is 40.1 Å². The number of hydrogen-bond donors (Lipinski definition) is 3. The Morgan fingerprint density at radius 3 is 2.91 bits per heavy atom. The molecule has 1 atom stereocenters. The molecule has 1 aromatic rings. The van der Waals surface area contributed by atoms with Gasteiger partial charge in [0.1, 0.15) is 5.69 Å². The first-order chi connectivity index (χ1) is 10.2. The Morgan fingerprint density at radius 2 is 2.23 bits per heavy atom. The Kier molecular flexibility index (Phi) is 7.84. The molecule has 0 spiro atoms. The van der Waals surface area contributed by atoms with Crippen molar-refractivity contribution in [2.75, 3.05) is 26.7 Å². The number of halogens is 1. The topological polar surface area (TPSA) is 83.1 Å². The molecule has 1 aromatic heterocycles. The van der Waals surface area contributed by atoms with Gasteiger partial charge < -0.3 is 16.0 Å². The van der Waals surface area contributed by atoms with Gasteiger partial charge in [-0.3, -0.25) is 14.6 Å². The minimum atomic E-state index is -0.294. The van der Waals surface area contributed by atoms with E-state index in [1.165, 1.54) is 32.2 Å². The van der Waals surface area contributed by atoms with Crippen LogP contribution < -0.4 is 16.0 Å². The van der Waals surface area contributed by atoms with Crippen molar-refractivity contribution in [3.05, 3.63) is 29.6 Å². The van der Waals surface area contributed by atoms with Gasteiger partial charge in [0, 0.05) is 25.4 Å². The summed E-state index contributed by atoms with van der Waals surface area (Å²) in [4.78, 5) is 27.5. The number of piperidine rings is 1. The van der Waals surface area contributed by atoms with Gasteiger partial charge >= 0.3 is 0 Å². The van der Waals surface area contributed by atoms with Crippen molar-refractivity contribution in [1.82, 2.24) is 20.9 Å². The lowest BCUT2D eigenvalue weighted by atomic mass is 9.96. The molecule has 1 aliphatic heterocycles. The van der Waals surface area contributed by atoms with Crippen LogP contribution in [0, 0.1) is 5.92 Å². The zero-order chi connectivity index (χ0) is 15.1. The first-order valence-electron chi connectivity index (χ1n) is 7.37. The average Bonchev–Trinajstić information content (AvgIpc) is 2.55. The van der Waals surface area contributed by atoms with Crippen LogP contribution in [0.2, 0.25) is 0 Å². The Morgan fingerprint density at radius 1 is 1.41 bits per heavy atom. The van der Waals surface area contributed by atoms with Crippen molar-refractivity contribution < 1.29 is 9.59 Å². The third-order valence-corrected chi connectivity index (χ3v) is 3.72. The van der Waals surface area contributed by atoms with Gasteiger partial charge in [0.05, 0.1) is 0 Å². The quantitative estimate of drug-likeness (QED) is 0.753. The molecule has 0 bridgehead atoms. The number of rotatable bonds is 5. The first-order valence-corrected chi connectivity index (χ1v) is 7.37. The van der Waals surface area contributed by atoms with E-state index in [0.29, 0.717) is 18.0 Å². The molecule has 1 fully saturated rings. The molecule has 0 radical (unpaired) electrons. The van der Waals surface area contributed by atoms with Gasteiger partial charge in [0.15, 0.2) is 0 Å². The molecule has 0 aromatic carbocycles. The Labute approximate surface area is 136 Å². The molecule has 6 nitrogen and oxygen atoms in total. The van der Waals surface area contributed by atoms with Crippen LogP contribution in [0.5, 0.6) is 0 Å². The Balaban J connectivity index is 0.00000242. The van der Waals surface area contributed by atoms with Crippen LogP contribution in [-0.4, -0.2) is 43.5 Å². The summed E-state index contributed by atoms with van der Waals surface area (Å²) >= 11 is 0. The minimum Gasteiger partial charge on any atom is -0.354 e. The van der Waals surface area contributed by atoms with Gasteiger partial charge in [-0.1, -0.05) is 0 Å². The van der Waals surface area contributed by atoms with E-state index in [9.17, 15) is 9.59 Å². The van der Waals surface area contributed by atoms with E-state index in [0.717, 1.165) is 19.5 Å². The van der Waals surface area contributed by atoms with Crippen molar-refractivity contribution in [3.8, 4) is 0 Å². The van der Waals surface area contributed by atoms with Crippen molar-refractivity contribution in [2.24, 2.45) is 5.92 Å². The van der Waals surface area contributed by atoms with Gasteiger partial charge in [-0.15, -0.1) is 12.4 Å². The normalized spacial score (nSPS) is 17.2. The second-order valence-electron chi connectivity index (χ2n) is 5.27. The lowest BCUT2D eigenvalue weighted by molar-refractivity contribution is 0.0950. The maximum atomic E-state index is 12.1.